The van der Waals surface area contributed by atoms with Crippen molar-refractivity contribution in [1.82, 2.24) is 9.29 Å². The van der Waals surface area contributed by atoms with Gasteiger partial charge in [-0.3, -0.25) is 4.79 Å². The van der Waals surface area contributed by atoms with Crippen LogP contribution in [0.5, 0.6) is 0 Å². The lowest BCUT2D eigenvalue weighted by atomic mass is 10.0. The van der Waals surface area contributed by atoms with Crippen molar-refractivity contribution in [2.24, 2.45) is 0 Å². The number of rotatable bonds is 5. The highest BCUT2D eigenvalue weighted by Crippen LogP contribution is 2.28. The van der Waals surface area contributed by atoms with Gasteiger partial charge in [0.2, 0.25) is 15.9 Å². The van der Waals surface area contributed by atoms with Crippen LogP contribution in [0.2, 0.25) is 5.02 Å². The summed E-state index contributed by atoms with van der Waals surface area (Å²) in [5, 5.41) is 5.49. The van der Waals surface area contributed by atoms with E-state index in [-0.39, 0.29) is 23.3 Å². The van der Waals surface area contributed by atoms with Crippen LogP contribution in [0, 0.1) is 0 Å². The Morgan fingerprint density at radius 3 is 2.76 bits per heavy atom. The number of thiazole rings is 1. The summed E-state index contributed by atoms with van der Waals surface area (Å²) in [6.45, 7) is 0.417. The monoisotopic (exact) mass is 399 g/mol. The Hall–Kier alpha value is -1.48. The maximum Gasteiger partial charge on any atom is 0.243 e. The molecular weight excluding hydrogens is 382 g/mol. The van der Waals surface area contributed by atoms with Crippen LogP contribution in [0.25, 0.3) is 0 Å². The van der Waals surface area contributed by atoms with Crippen LogP contribution in [0.15, 0.2) is 40.7 Å². The van der Waals surface area contributed by atoms with Crippen LogP contribution >= 0.6 is 22.9 Å². The third-order valence-electron chi connectivity index (χ3n) is 4.09. The van der Waals surface area contributed by atoms with Gasteiger partial charge in [-0.15, -0.1) is 11.3 Å². The number of amides is 1. The van der Waals surface area contributed by atoms with E-state index in [9.17, 15) is 13.2 Å². The molecule has 25 heavy (non-hydrogen) atoms. The van der Waals surface area contributed by atoms with Crippen molar-refractivity contribution < 1.29 is 13.2 Å². The molecule has 1 saturated heterocycles. The summed E-state index contributed by atoms with van der Waals surface area (Å²) in [6, 6.07) is 5.76. The summed E-state index contributed by atoms with van der Waals surface area (Å²) in [5.74, 6) is -0.224. The number of carbonyl (C=O) groups excluding carboxylic acids is 1. The van der Waals surface area contributed by atoms with Crippen LogP contribution in [0.3, 0.4) is 0 Å². The molecule has 0 aliphatic carbocycles. The average Bonchev–Trinajstić information content (AvgIpc) is 3.08. The number of halogens is 1. The van der Waals surface area contributed by atoms with Crippen molar-refractivity contribution in [3.63, 3.8) is 0 Å². The van der Waals surface area contributed by atoms with Gasteiger partial charge in [-0.25, -0.2) is 13.4 Å². The highest BCUT2D eigenvalue weighted by Gasteiger charge is 2.34. The Balaban J connectivity index is 1.76. The summed E-state index contributed by atoms with van der Waals surface area (Å²) in [6.07, 6.45) is 4.09. The van der Waals surface area contributed by atoms with Gasteiger partial charge < -0.3 is 5.32 Å². The molecule has 1 aliphatic heterocycles. The minimum absolute atomic E-state index is 0.117. The van der Waals surface area contributed by atoms with Gasteiger partial charge in [0.15, 0.2) is 5.13 Å². The highest BCUT2D eigenvalue weighted by molar-refractivity contribution is 7.89. The van der Waals surface area contributed by atoms with E-state index in [0.717, 1.165) is 12.8 Å². The normalized spacial score (nSPS) is 18.8. The van der Waals surface area contributed by atoms with Crippen LogP contribution < -0.4 is 5.32 Å². The fourth-order valence-electron chi connectivity index (χ4n) is 2.91. The zero-order valence-electron chi connectivity index (χ0n) is 13.4. The summed E-state index contributed by atoms with van der Waals surface area (Å²) in [7, 11) is -3.65. The van der Waals surface area contributed by atoms with Crippen LogP contribution in [0.1, 0.15) is 25.7 Å². The number of hydrogen-bond acceptors (Lipinski definition) is 5. The Labute approximate surface area is 155 Å². The van der Waals surface area contributed by atoms with Crippen LogP contribution in [-0.2, 0) is 14.8 Å². The van der Waals surface area contributed by atoms with E-state index >= 15 is 0 Å². The second kappa shape index (κ2) is 7.82. The van der Waals surface area contributed by atoms with Crippen LogP contribution in [0.4, 0.5) is 5.13 Å². The molecule has 6 nitrogen and oxygen atoms in total. The first-order chi connectivity index (χ1) is 12.0. The predicted octanol–water partition coefficient (Wildman–Crippen LogP) is 3.37. The molecule has 1 aromatic carbocycles. The number of nitrogens with one attached hydrogen (secondary N) is 1. The Morgan fingerprint density at radius 1 is 1.32 bits per heavy atom. The standard InChI is InChI=1S/C16H18ClN3O3S2/c17-12-4-6-14(7-5-12)25(22,23)20-9-2-1-3-13(20)11-15(21)19-16-18-8-10-24-16/h4-8,10,13H,1-3,9,11H2,(H,18,19,21)/t13-/m1/s1. The average molecular weight is 400 g/mol. The molecule has 9 heteroatoms. The molecule has 3 rings (SSSR count). The Bertz CT molecular complexity index is 823. The number of piperidine rings is 1. The SMILES string of the molecule is O=C(C[C@H]1CCCCN1S(=O)(=O)c1ccc(Cl)cc1)Nc1nccs1. The van der Waals surface area contributed by atoms with Gasteiger partial charge in [-0.1, -0.05) is 18.0 Å². The van der Waals surface area contributed by atoms with Crippen molar-refractivity contribution >= 4 is 44.0 Å². The third kappa shape index (κ3) is 4.38. The summed E-state index contributed by atoms with van der Waals surface area (Å²) < 4.78 is 27.3. The van der Waals surface area contributed by atoms with Crippen LogP contribution in [-0.4, -0.2) is 36.2 Å². The second-order valence-electron chi connectivity index (χ2n) is 5.81. The molecule has 0 unspecified atom stereocenters. The molecule has 2 aromatic rings. The summed E-state index contributed by atoms with van der Waals surface area (Å²) in [4.78, 5) is 16.5. The van der Waals surface area contributed by atoms with Gasteiger partial charge in [0, 0.05) is 35.6 Å². The van der Waals surface area contributed by atoms with Gasteiger partial charge in [-0.2, -0.15) is 4.31 Å². The number of hydrogen-bond donors (Lipinski definition) is 1. The van der Waals surface area contributed by atoms with Gasteiger partial charge in [0.25, 0.3) is 0 Å². The number of nitrogens with zero attached hydrogens (tertiary/aromatic N) is 2. The number of carbonyl (C=O) groups is 1. The molecule has 1 aromatic heterocycles. The first kappa shape index (κ1) is 18.3. The molecule has 134 valence electrons. The van der Waals surface area contributed by atoms with Gasteiger partial charge in [0.05, 0.1) is 4.90 Å². The molecule has 0 radical (unpaired) electrons. The lowest BCUT2D eigenvalue weighted by molar-refractivity contribution is -0.117. The Kier molecular flexibility index (Phi) is 5.73. The minimum Gasteiger partial charge on any atom is -0.302 e. The molecule has 1 aliphatic rings. The van der Waals surface area contributed by atoms with E-state index in [0.29, 0.717) is 23.1 Å². The predicted molar refractivity (Wildman–Crippen MR) is 98.3 cm³/mol. The van der Waals surface area contributed by atoms with Crippen molar-refractivity contribution in [2.75, 3.05) is 11.9 Å². The fraction of sp³-hybridized carbons (Fsp3) is 0.375. The van der Waals surface area contributed by atoms with Crippen molar-refractivity contribution in [1.29, 1.82) is 0 Å². The van der Waals surface area contributed by atoms with E-state index in [1.54, 1.807) is 23.7 Å². The fourth-order valence-corrected chi connectivity index (χ4v) is 5.27. The highest BCUT2D eigenvalue weighted by atomic mass is 35.5. The first-order valence-electron chi connectivity index (χ1n) is 7.93. The molecule has 0 saturated carbocycles. The second-order valence-corrected chi connectivity index (χ2v) is 9.03. The van der Waals surface area contributed by atoms with Crippen molar-refractivity contribution in [3.8, 4) is 0 Å². The molecule has 0 spiro atoms. The van der Waals surface area contributed by atoms with Gasteiger partial charge in [-0.05, 0) is 37.1 Å². The number of benzene rings is 1. The van der Waals surface area contributed by atoms with E-state index in [4.69, 9.17) is 11.6 Å². The quantitative estimate of drug-likeness (QED) is 0.835. The number of sulfonamides is 1. The molecule has 2 heterocycles. The first-order valence-corrected chi connectivity index (χ1v) is 10.6. The summed E-state index contributed by atoms with van der Waals surface area (Å²) in [5.41, 5.74) is 0. The van der Waals surface area contributed by atoms with E-state index in [1.165, 1.54) is 27.8 Å². The molecule has 0 bridgehead atoms. The van der Waals surface area contributed by atoms with E-state index < -0.39 is 10.0 Å². The maximum absolute atomic E-state index is 12.9. The molecule has 1 N–H and O–H groups in total. The van der Waals surface area contributed by atoms with E-state index in [1.807, 2.05) is 0 Å². The lowest BCUT2D eigenvalue weighted by Crippen LogP contribution is -2.45. The maximum atomic E-state index is 12.9. The molecule has 1 atom stereocenters. The molecule has 1 fully saturated rings. The van der Waals surface area contributed by atoms with E-state index in [2.05, 4.69) is 10.3 Å². The smallest absolute Gasteiger partial charge is 0.243 e. The Morgan fingerprint density at radius 2 is 2.08 bits per heavy atom. The van der Waals surface area contributed by atoms with Gasteiger partial charge in [0.1, 0.15) is 0 Å². The topological polar surface area (TPSA) is 79.4 Å². The number of anilines is 1. The summed E-state index contributed by atoms with van der Waals surface area (Å²) >= 11 is 7.18. The van der Waals surface area contributed by atoms with Gasteiger partial charge >= 0.3 is 0 Å². The third-order valence-corrected chi connectivity index (χ3v) is 7.00. The largest absolute Gasteiger partial charge is 0.302 e. The van der Waals surface area contributed by atoms with Crippen molar-refractivity contribution in [2.45, 2.75) is 36.6 Å². The van der Waals surface area contributed by atoms with Crippen molar-refractivity contribution in [3.05, 3.63) is 40.9 Å². The molecule has 1 amide bonds. The zero-order valence-corrected chi connectivity index (χ0v) is 15.8. The molecular formula is C16H18ClN3O3S2. The lowest BCUT2D eigenvalue weighted by Gasteiger charge is -2.34. The number of aromatic nitrogens is 1. The zero-order chi connectivity index (χ0) is 17.9. The minimum atomic E-state index is -3.65.